The summed E-state index contributed by atoms with van der Waals surface area (Å²) in [5.41, 5.74) is 2.40. The van der Waals surface area contributed by atoms with Crippen molar-refractivity contribution in [3.63, 3.8) is 0 Å². The minimum absolute atomic E-state index is 0. The quantitative estimate of drug-likeness (QED) is 0.920. The van der Waals surface area contributed by atoms with Crippen molar-refractivity contribution >= 4 is 23.7 Å². The van der Waals surface area contributed by atoms with Gasteiger partial charge in [0.1, 0.15) is 10.8 Å². The van der Waals surface area contributed by atoms with Crippen LogP contribution in [0.25, 0.3) is 10.6 Å². The number of rotatable bonds is 2. The van der Waals surface area contributed by atoms with E-state index >= 15 is 0 Å². The highest BCUT2D eigenvalue weighted by atomic mass is 35.5. The molecule has 0 amide bonds. The summed E-state index contributed by atoms with van der Waals surface area (Å²) < 4.78 is 5.24. The smallest absolute Gasteiger partial charge is 0.124 e. The summed E-state index contributed by atoms with van der Waals surface area (Å²) in [4.78, 5) is 6.09. The third-order valence-corrected chi connectivity index (χ3v) is 4.07. The first-order chi connectivity index (χ1) is 8.36. The second kappa shape index (κ2) is 5.69. The summed E-state index contributed by atoms with van der Waals surface area (Å²) >= 11 is 1.78. The van der Waals surface area contributed by atoms with E-state index in [1.54, 1.807) is 18.4 Å². The van der Waals surface area contributed by atoms with Gasteiger partial charge in [0.2, 0.25) is 0 Å². The van der Waals surface area contributed by atoms with Gasteiger partial charge >= 0.3 is 0 Å². The SMILES string of the molecule is COc1cccc(-c2nc3c(s2)CNCC3)c1.Cl. The standard InChI is InChI=1S/C13H14N2OS.ClH/c1-16-10-4-2-3-9(7-10)13-15-11-5-6-14-8-12(11)17-13;/h2-4,7,14H,5-6,8H2,1H3;1H. The zero-order chi connectivity index (χ0) is 11.7. The fourth-order valence-corrected chi connectivity index (χ4v) is 3.08. The van der Waals surface area contributed by atoms with Crippen molar-refractivity contribution in [1.29, 1.82) is 0 Å². The van der Waals surface area contributed by atoms with Crippen LogP contribution < -0.4 is 10.1 Å². The lowest BCUT2D eigenvalue weighted by Crippen LogP contribution is -2.22. The molecule has 0 bridgehead atoms. The predicted molar refractivity (Wildman–Crippen MR) is 76.8 cm³/mol. The lowest BCUT2D eigenvalue weighted by atomic mass is 10.2. The van der Waals surface area contributed by atoms with Gasteiger partial charge in [-0.15, -0.1) is 23.7 Å². The molecule has 2 heterocycles. The number of aromatic nitrogens is 1. The van der Waals surface area contributed by atoms with E-state index in [1.165, 1.54) is 10.6 Å². The van der Waals surface area contributed by atoms with E-state index in [1.807, 2.05) is 18.2 Å². The van der Waals surface area contributed by atoms with Crippen LogP contribution in [0.2, 0.25) is 0 Å². The van der Waals surface area contributed by atoms with E-state index in [0.29, 0.717) is 0 Å². The largest absolute Gasteiger partial charge is 0.497 e. The van der Waals surface area contributed by atoms with Crippen molar-refractivity contribution in [3.05, 3.63) is 34.8 Å². The molecule has 1 aliphatic rings. The van der Waals surface area contributed by atoms with Crippen LogP contribution in [-0.2, 0) is 13.0 Å². The van der Waals surface area contributed by atoms with Crippen LogP contribution in [0.3, 0.4) is 0 Å². The molecule has 5 heteroatoms. The molecule has 3 nitrogen and oxygen atoms in total. The molecule has 0 aliphatic carbocycles. The Bertz CT molecular complexity index is 518. The van der Waals surface area contributed by atoms with Gasteiger partial charge in [-0.2, -0.15) is 0 Å². The molecule has 3 rings (SSSR count). The third-order valence-electron chi connectivity index (χ3n) is 2.92. The van der Waals surface area contributed by atoms with Gasteiger partial charge in [0.25, 0.3) is 0 Å². The number of methoxy groups -OCH3 is 1. The summed E-state index contributed by atoms with van der Waals surface area (Å²) in [6.07, 6.45) is 1.04. The molecule has 1 aromatic carbocycles. The highest BCUT2D eigenvalue weighted by Crippen LogP contribution is 2.31. The van der Waals surface area contributed by atoms with Crippen LogP contribution >= 0.6 is 23.7 Å². The van der Waals surface area contributed by atoms with E-state index in [2.05, 4.69) is 11.4 Å². The summed E-state index contributed by atoms with van der Waals surface area (Å²) in [7, 11) is 1.69. The van der Waals surface area contributed by atoms with Gasteiger partial charge in [-0.05, 0) is 12.1 Å². The first kappa shape index (κ1) is 13.3. The maximum atomic E-state index is 5.24. The Labute approximate surface area is 117 Å². The number of benzene rings is 1. The fraction of sp³-hybridized carbons (Fsp3) is 0.308. The summed E-state index contributed by atoms with van der Waals surface area (Å²) in [5, 5.41) is 4.47. The molecule has 0 atom stereocenters. The van der Waals surface area contributed by atoms with Crippen molar-refractivity contribution in [1.82, 2.24) is 10.3 Å². The zero-order valence-corrected chi connectivity index (χ0v) is 11.7. The van der Waals surface area contributed by atoms with Crippen LogP contribution in [0.5, 0.6) is 5.75 Å². The van der Waals surface area contributed by atoms with Crippen LogP contribution in [-0.4, -0.2) is 18.6 Å². The molecular formula is C13H15ClN2OS. The first-order valence-corrected chi connectivity index (χ1v) is 6.52. The molecule has 0 saturated carbocycles. The number of nitrogens with zero attached hydrogens (tertiary/aromatic N) is 1. The zero-order valence-electron chi connectivity index (χ0n) is 10.1. The average molecular weight is 283 g/mol. The Morgan fingerprint density at radius 3 is 3.06 bits per heavy atom. The number of hydrogen-bond acceptors (Lipinski definition) is 4. The molecule has 18 heavy (non-hydrogen) atoms. The molecule has 96 valence electrons. The van der Waals surface area contributed by atoms with Gasteiger partial charge in [0.15, 0.2) is 0 Å². The lowest BCUT2D eigenvalue weighted by Gasteiger charge is -2.09. The van der Waals surface area contributed by atoms with E-state index in [0.717, 1.165) is 35.8 Å². The van der Waals surface area contributed by atoms with Gasteiger partial charge in [-0.25, -0.2) is 4.98 Å². The molecule has 0 spiro atoms. The van der Waals surface area contributed by atoms with Gasteiger partial charge < -0.3 is 10.1 Å². The third kappa shape index (κ3) is 2.51. The lowest BCUT2D eigenvalue weighted by molar-refractivity contribution is 0.415. The number of nitrogens with one attached hydrogen (secondary N) is 1. The van der Waals surface area contributed by atoms with Gasteiger partial charge in [-0.1, -0.05) is 12.1 Å². The topological polar surface area (TPSA) is 34.1 Å². The Hall–Kier alpha value is -1.10. The Morgan fingerprint density at radius 1 is 1.39 bits per heavy atom. The van der Waals surface area contributed by atoms with Crippen molar-refractivity contribution < 1.29 is 4.74 Å². The molecule has 1 aliphatic heterocycles. The number of thiazole rings is 1. The minimum atomic E-state index is 0. The highest BCUT2D eigenvalue weighted by Gasteiger charge is 2.15. The predicted octanol–water partition coefficient (Wildman–Crippen LogP) is 2.89. The number of ether oxygens (including phenoxy) is 1. The van der Waals surface area contributed by atoms with E-state index < -0.39 is 0 Å². The van der Waals surface area contributed by atoms with Crippen LogP contribution in [0, 0.1) is 0 Å². The van der Waals surface area contributed by atoms with Crippen molar-refractivity contribution in [2.75, 3.05) is 13.7 Å². The number of fused-ring (bicyclic) bond motifs is 1. The summed E-state index contributed by atoms with van der Waals surface area (Å²) in [5.74, 6) is 0.883. The minimum Gasteiger partial charge on any atom is -0.497 e. The maximum absolute atomic E-state index is 5.24. The fourth-order valence-electron chi connectivity index (χ4n) is 2.01. The number of hydrogen-bond donors (Lipinski definition) is 1. The second-order valence-corrected chi connectivity index (χ2v) is 5.13. The molecule has 0 unspecified atom stereocenters. The normalized spacial score (nSPS) is 13.6. The average Bonchev–Trinajstić information content (AvgIpc) is 2.82. The van der Waals surface area contributed by atoms with Crippen LogP contribution in [0.15, 0.2) is 24.3 Å². The first-order valence-electron chi connectivity index (χ1n) is 5.70. The molecule has 2 aromatic rings. The Morgan fingerprint density at radius 2 is 2.28 bits per heavy atom. The van der Waals surface area contributed by atoms with Crippen LogP contribution in [0.1, 0.15) is 10.6 Å². The molecule has 1 aromatic heterocycles. The Kier molecular flexibility index (Phi) is 4.22. The Balaban J connectivity index is 0.00000120. The van der Waals surface area contributed by atoms with E-state index in [4.69, 9.17) is 9.72 Å². The van der Waals surface area contributed by atoms with E-state index in [-0.39, 0.29) is 12.4 Å². The maximum Gasteiger partial charge on any atom is 0.124 e. The molecule has 1 N–H and O–H groups in total. The van der Waals surface area contributed by atoms with Crippen molar-refractivity contribution in [2.24, 2.45) is 0 Å². The molecule has 0 fully saturated rings. The second-order valence-electron chi connectivity index (χ2n) is 4.05. The van der Waals surface area contributed by atoms with Crippen LogP contribution in [0.4, 0.5) is 0 Å². The molecule has 0 radical (unpaired) electrons. The summed E-state index contributed by atoms with van der Waals surface area (Å²) in [6, 6.07) is 8.09. The summed E-state index contributed by atoms with van der Waals surface area (Å²) in [6.45, 7) is 1.99. The van der Waals surface area contributed by atoms with Gasteiger partial charge in [0, 0.05) is 30.0 Å². The van der Waals surface area contributed by atoms with Crippen molar-refractivity contribution in [2.45, 2.75) is 13.0 Å². The molecular weight excluding hydrogens is 268 g/mol. The molecule has 0 saturated heterocycles. The van der Waals surface area contributed by atoms with Gasteiger partial charge in [0.05, 0.1) is 12.8 Å². The monoisotopic (exact) mass is 282 g/mol. The highest BCUT2D eigenvalue weighted by molar-refractivity contribution is 7.15. The van der Waals surface area contributed by atoms with Gasteiger partial charge in [-0.3, -0.25) is 0 Å². The van der Waals surface area contributed by atoms with Crippen molar-refractivity contribution in [3.8, 4) is 16.3 Å². The number of halogens is 1. The van der Waals surface area contributed by atoms with E-state index in [9.17, 15) is 0 Å².